The Hall–Kier alpha value is -1.88. The first-order valence-electron chi connectivity index (χ1n) is 5.76. The molecule has 0 amide bonds. The minimum Gasteiger partial charge on any atom is -0.399 e. The first-order valence-corrected chi connectivity index (χ1v) is 5.76. The van der Waals surface area contributed by atoms with Crippen LogP contribution >= 0.6 is 0 Å². The fraction of sp³-hybridized carbons (Fsp3) is 0.385. The van der Waals surface area contributed by atoms with Crippen LogP contribution in [-0.2, 0) is 11.3 Å². The van der Waals surface area contributed by atoms with Crippen molar-refractivity contribution >= 4 is 5.69 Å². The van der Waals surface area contributed by atoms with Gasteiger partial charge in [0.25, 0.3) is 5.89 Å². The second kappa shape index (κ2) is 4.78. The van der Waals surface area contributed by atoms with E-state index in [9.17, 15) is 0 Å². The smallest absolute Gasteiger partial charge is 0.252 e. The van der Waals surface area contributed by atoms with Gasteiger partial charge in [-0.1, -0.05) is 5.16 Å². The van der Waals surface area contributed by atoms with E-state index in [1.54, 1.807) is 12.1 Å². The first kappa shape index (κ1) is 12.6. The molecular weight excluding hydrogens is 230 g/mol. The SMILES string of the molecule is CC(C)(C)OCc1nc(-c2ccc(N)cc2)no1. The van der Waals surface area contributed by atoms with Crippen molar-refractivity contribution in [3.05, 3.63) is 30.2 Å². The zero-order valence-electron chi connectivity index (χ0n) is 10.8. The van der Waals surface area contributed by atoms with Crippen LogP contribution in [0, 0.1) is 0 Å². The summed E-state index contributed by atoms with van der Waals surface area (Å²) in [6, 6.07) is 7.32. The molecule has 0 aliphatic rings. The molecule has 0 saturated carbocycles. The second-order valence-corrected chi connectivity index (χ2v) is 5.03. The number of hydrogen-bond donors (Lipinski definition) is 1. The molecule has 1 aromatic carbocycles. The summed E-state index contributed by atoms with van der Waals surface area (Å²) in [5, 5.41) is 3.91. The van der Waals surface area contributed by atoms with Crippen molar-refractivity contribution in [2.75, 3.05) is 5.73 Å². The third-order valence-electron chi connectivity index (χ3n) is 2.27. The van der Waals surface area contributed by atoms with Crippen molar-refractivity contribution in [3.63, 3.8) is 0 Å². The molecule has 1 aromatic heterocycles. The summed E-state index contributed by atoms with van der Waals surface area (Å²) in [5.74, 6) is 1.01. The van der Waals surface area contributed by atoms with Crippen LogP contribution in [0.2, 0.25) is 0 Å². The van der Waals surface area contributed by atoms with Gasteiger partial charge in [-0.05, 0) is 45.0 Å². The maximum atomic E-state index is 5.62. The lowest BCUT2D eigenvalue weighted by Gasteiger charge is -2.17. The van der Waals surface area contributed by atoms with Gasteiger partial charge in [-0.15, -0.1) is 0 Å². The number of aromatic nitrogens is 2. The van der Waals surface area contributed by atoms with Crippen LogP contribution in [0.4, 0.5) is 5.69 Å². The summed E-state index contributed by atoms with van der Waals surface area (Å²) in [7, 11) is 0. The number of nitrogens with zero attached hydrogens (tertiary/aromatic N) is 2. The van der Waals surface area contributed by atoms with E-state index in [1.807, 2.05) is 32.9 Å². The van der Waals surface area contributed by atoms with Crippen LogP contribution in [0.1, 0.15) is 26.7 Å². The molecule has 0 spiro atoms. The van der Waals surface area contributed by atoms with Crippen molar-refractivity contribution in [3.8, 4) is 11.4 Å². The summed E-state index contributed by atoms with van der Waals surface area (Å²) in [4.78, 5) is 4.27. The summed E-state index contributed by atoms with van der Waals surface area (Å²) in [5.41, 5.74) is 6.97. The van der Waals surface area contributed by atoms with Crippen LogP contribution in [0.15, 0.2) is 28.8 Å². The van der Waals surface area contributed by atoms with Crippen molar-refractivity contribution in [1.82, 2.24) is 10.1 Å². The Morgan fingerprint density at radius 2 is 1.89 bits per heavy atom. The largest absolute Gasteiger partial charge is 0.399 e. The number of rotatable bonds is 3. The average molecular weight is 247 g/mol. The third-order valence-corrected chi connectivity index (χ3v) is 2.27. The number of anilines is 1. The highest BCUT2D eigenvalue weighted by atomic mass is 16.5. The van der Waals surface area contributed by atoms with Crippen LogP contribution in [0.25, 0.3) is 11.4 Å². The van der Waals surface area contributed by atoms with Gasteiger partial charge in [-0.25, -0.2) is 0 Å². The Morgan fingerprint density at radius 1 is 1.22 bits per heavy atom. The highest BCUT2D eigenvalue weighted by Gasteiger charge is 2.14. The maximum absolute atomic E-state index is 5.62. The zero-order valence-corrected chi connectivity index (χ0v) is 10.8. The van der Waals surface area contributed by atoms with E-state index in [0.717, 1.165) is 5.56 Å². The summed E-state index contributed by atoms with van der Waals surface area (Å²) in [6.07, 6.45) is 0. The first-order chi connectivity index (χ1) is 8.44. The average Bonchev–Trinajstić information content (AvgIpc) is 2.75. The number of benzene rings is 1. The zero-order chi connectivity index (χ0) is 13.2. The fourth-order valence-corrected chi connectivity index (χ4v) is 1.34. The monoisotopic (exact) mass is 247 g/mol. The van der Waals surface area contributed by atoms with Gasteiger partial charge in [0.2, 0.25) is 5.82 Å². The van der Waals surface area contributed by atoms with Gasteiger partial charge in [0.1, 0.15) is 6.61 Å². The lowest BCUT2D eigenvalue weighted by Crippen LogP contribution is -2.18. The van der Waals surface area contributed by atoms with Crippen molar-refractivity contribution in [2.24, 2.45) is 0 Å². The van der Waals surface area contributed by atoms with Crippen molar-refractivity contribution < 1.29 is 9.26 Å². The standard InChI is InChI=1S/C13H17N3O2/c1-13(2,3)17-8-11-15-12(16-18-11)9-4-6-10(14)7-5-9/h4-7H,8,14H2,1-3H3. The van der Waals surface area contributed by atoms with E-state index in [4.69, 9.17) is 15.0 Å². The Morgan fingerprint density at radius 3 is 2.50 bits per heavy atom. The van der Waals surface area contributed by atoms with E-state index in [1.165, 1.54) is 0 Å². The van der Waals surface area contributed by atoms with E-state index < -0.39 is 0 Å². The number of nitrogens with two attached hydrogens (primary N) is 1. The molecular formula is C13H17N3O2. The van der Waals surface area contributed by atoms with Gasteiger partial charge in [-0.2, -0.15) is 4.98 Å². The van der Waals surface area contributed by atoms with Crippen molar-refractivity contribution in [2.45, 2.75) is 33.0 Å². The number of hydrogen-bond acceptors (Lipinski definition) is 5. The third kappa shape index (κ3) is 3.30. The quantitative estimate of drug-likeness (QED) is 0.844. The molecule has 2 aromatic rings. The lowest BCUT2D eigenvalue weighted by atomic mass is 10.2. The molecule has 96 valence electrons. The fourth-order valence-electron chi connectivity index (χ4n) is 1.34. The van der Waals surface area contributed by atoms with Gasteiger partial charge >= 0.3 is 0 Å². The van der Waals surface area contributed by atoms with Gasteiger partial charge < -0.3 is 15.0 Å². The molecule has 2 rings (SSSR count). The summed E-state index contributed by atoms with van der Waals surface area (Å²) < 4.78 is 10.7. The molecule has 1 heterocycles. The van der Waals surface area contributed by atoms with Gasteiger partial charge in [-0.3, -0.25) is 0 Å². The van der Waals surface area contributed by atoms with E-state index in [2.05, 4.69) is 10.1 Å². The normalized spacial score (nSPS) is 11.7. The van der Waals surface area contributed by atoms with E-state index in [0.29, 0.717) is 24.0 Å². The molecule has 0 fully saturated rings. The van der Waals surface area contributed by atoms with Crippen LogP contribution in [0.5, 0.6) is 0 Å². The van der Waals surface area contributed by atoms with Crippen LogP contribution in [-0.4, -0.2) is 15.7 Å². The molecule has 0 atom stereocenters. The molecule has 0 aliphatic heterocycles. The Kier molecular flexibility index (Phi) is 3.34. The Bertz CT molecular complexity index is 512. The number of ether oxygens (including phenoxy) is 1. The lowest BCUT2D eigenvalue weighted by molar-refractivity contribution is -0.0260. The van der Waals surface area contributed by atoms with Gasteiger partial charge in [0.15, 0.2) is 0 Å². The molecule has 5 nitrogen and oxygen atoms in total. The van der Waals surface area contributed by atoms with Gasteiger partial charge in [0.05, 0.1) is 5.60 Å². The highest BCUT2D eigenvalue weighted by molar-refractivity contribution is 5.57. The van der Waals surface area contributed by atoms with Crippen molar-refractivity contribution in [1.29, 1.82) is 0 Å². The Balaban J connectivity index is 2.08. The minimum absolute atomic E-state index is 0.226. The molecule has 0 unspecified atom stereocenters. The predicted octanol–water partition coefficient (Wildman–Crippen LogP) is 2.63. The molecule has 0 bridgehead atoms. The van der Waals surface area contributed by atoms with E-state index in [-0.39, 0.29) is 5.60 Å². The summed E-state index contributed by atoms with van der Waals surface area (Å²) in [6.45, 7) is 6.24. The highest BCUT2D eigenvalue weighted by Crippen LogP contribution is 2.18. The molecule has 0 saturated heterocycles. The topological polar surface area (TPSA) is 74.2 Å². The van der Waals surface area contributed by atoms with Crippen LogP contribution < -0.4 is 5.73 Å². The van der Waals surface area contributed by atoms with E-state index >= 15 is 0 Å². The molecule has 0 radical (unpaired) electrons. The van der Waals surface area contributed by atoms with Gasteiger partial charge in [0, 0.05) is 11.3 Å². The molecule has 0 aliphatic carbocycles. The summed E-state index contributed by atoms with van der Waals surface area (Å²) >= 11 is 0. The minimum atomic E-state index is -0.226. The van der Waals surface area contributed by atoms with Crippen LogP contribution in [0.3, 0.4) is 0 Å². The predicted molar refractivity (Wildman–Crippen MR) is 68.7 cm³/mol. The molecule has 5 heteroatoms. The molecule has 18 heavy (non-hydrogen) atoms. The molecule has 2 N–H and O–H groups in total. The second-order valence-electron chi connectivity index (χ2n) is 5.03. The Labute approximate surface area is 106 Å². The maximum Gasteiger partial charge on any atom is 0.252 e. The number of nitrogen functional groups attached to an aromatic ring is 1.